The Balaban J connectivity index is 1.33. The fourth-order valence-corrected chi connectivity index (χ4v) is 6.09. The summed E-state index contributed by atoms with van der Waals surface area (Å²) in [6.45, 7) is 7.13. The van der Waals surface area contributed by atoms with Gasteiger partial charge in [-0.3, -0.25) is 9.59 Å². The largest absolute Gasteiger partial charge is 0.505 e. The zero-order valence-electron chi connectivity index (χ0n) is 24.5. The van der Waals surface area contributed by atoms with Crippen molar-refractivity contribution in [2.45, 2.75) is 31.6 Å². The number of hydrogen-bond acceptors (Lipinski definition) is 8. The zero-order chi connectivity index (χ0) is 31.3. The van der Waals surface area contributed by atoms with Crippen molar-refractivity contribution in [3.8, 4) is 5.75 Å². The van der Waals surface area contributed by atoms with Crippen molar-refractivity contribution in [1.82, 2.24) is 9.62 Å². The summed E-state index contributed by atoms with van der Waals surface area (Å²) < 4.78 is 28.1. The normalized spacial score (nSPS) is 13.0. The highest BCUT2D eigenvalue weighted by molar-refractivity contribution is 7.89. The number of nitrogens with one attached hydrogen (secondary N) is 3. The first-order chi connectivity index (χ1) is 21.2. The molecule has 0 aromatic heterocycles. The van der Waals surface area contributed by atoms with Crippen LogP contribution in [0.25, 0.3) is 10.8 Å². The summed E-state index contributed by atoms with van der Waals surface area (Å²) in [7, 11) is -3.68. The van der Waals surface area contributed by atoms with Crippen LogP contribution in [0.1, 0.15) is 36.2 Å². The lowest BCUT2D eigenvalue weighted by Gasteiger charge is -2.17. The SMILES string of the molecule is CCN(CC)CCCNS(=O)(=O)c1ccc(N=Nc2c(O)c(C(=O)Nc3ccc4c(c3)NC(=O)C4)cc3ccccc23)cc1. The van der Waals surface area contributed by atoms with Crippen molar-refractivity contribution in [2.75, 3.05) is 36.8 Å². The molecular weight excluding hydrogens is 580 g/mol. The lowest BCUT2D eigenvalue weighted by molar-refractivity contribution is -0.115. The highest BCUT2D eigenvalue weighted by Gasteiger charge is 2.21. The Morgan fingerprint density at radius 1 is 1.00 bits per heavy atom. The van der Waals surface area contributed by atoms with Crippen LogP contribution in [0.15, 0.2) is 87.9 Å². The minimum atomic E-state index is -3.68. The molecule has 4 aromatic carbocycles. The Bertz CT molecular complexity index is 1840. The number of phenols is 1. The summed E-state index contributed by atoms with van der Waals surface area (Å²) in [6.07, 6.45) is 0.989. The third-order valence-electron chi connectivity index (χ3n) is 7.48. The minimum absolute atomic E-state index is 0.00399. The third kappa shape index (κ3) is 6.94. The summed E-state index contributed by atoms with van der Waals surface area (Å²) in [5.74, 6) is -1.03. The van der Waals surface area contributed by atoms with Gasteiger partial charge in [0.2, 0.25) is 15.9 Å². The molecule has 2 amide bonds. The molecule has 11 nitrogen and oxygen atoms in total. The van der Waals surface area contributed by atoms with Crippen molar-refractivity contribution < 1.29 is 23.1 Å². The van der Waals surface area contributed by atoms with E-state index in [9.17, 15) is 23.1 Å². The molecule has 0 saturated heterocycles. The molecule has 0 bridgehead atoms. The fourth-order valence-electron chi connectivity index (χ4n) is 5.01. The number of nitrogens with zero attached hydrogens (tertiary/aromatic N) is 3. The van der Waals surface area contributed by atoms with Crippen LogP contribution in [-0.4, -0.2) is 56.4 Å². The molecule has 0 unspecified atom stereocenters. The molecule has 1 heterocycles. The van der Waals surface area contributed by atoms with Crippen molar-refractivity contribution in [3.63, 3.8) is 0 Å². The van der Waals surface area contributed by atoms with E-state index in [-0.39, 0.29) is 34.2 Å². The van der Waals surface area contributed by atoms with E-state index in [1.54, 1.807) is 42.5 Å². The van der Waals surface area contributed by atoms with Gasteiger partial charge in [0.25, 0.3) is 5.91 Å². The molecule has 1 aliphatic rings. The average molecular weight is 615 g/mol. The number of aromatic hydroxyl groups is 1. The number of anilines is 2. The van der Waals surface area contributed by atoms with Crippen LogP contribution in [0.2, 0.25) is 0 Å². The van der Waals surface area contributed by atoms with E-state index in [4.69, 9.17) is 0 Å². The Morgan fingerprint density at radius 3 is 2.50 bits per heavy atom. The van der Waals surface area contributed by atoms with E-state index < -0.39 is 15.9 Å². The van der Waals surface area contributed by atoms with Gasteiger partial charge in [-0.05, 0) is 79.5 Å². The van der Waals surface area contributed by atoms with Gasteiger partial charge < -0.3 is 20.6 Å². The molecule has 0 aliphatic carbocycles. The number of phenolic OH excluding ortho intramolecular Hbond substituents is 1. The van der Waals surface area contributed by atoms with Gasteiger partial charge in [-0.1, -0.05) is 44.2 Å². The molecule has 228 valence electrons. The van der Waals surface area contributed by atoms with E-state index in [1.807, 2.05) is 6.07 Å². The van der Waals surface area contributed by atoms with E-state index >= 15 is 0 Å². The van der Waals surface area contributed by atoms with E-state index in [1.165, 1.54) is 24.3 Å². The van der Waals surface area contributed by atoms with Gasteiger partial charge in [0.15, 0.2) is 5.75 Å². The number of amides is 2. The third-order valence-corrected chi connectivity index (χ3v) is 8.96. The van der Waals surface area contributed by atoms with Crippen LogP contribution >= 0.6 is 0 Å². The molecule has 0 fully saturated rings. The summed E-state index contributed by atoms with van der Waals surface area (Å²) in [5, 5.41) is 26.4. The quantitative estimate of drug-likeness (QED) is 0.118. The molecule has 4 aromatic rings. The standard InChI is InChI=1S/C32H34N6O5S/c1-3-38(4-2)17-7-16-33-44(42,43)25-14-12-23(13-15-25)36-37-30-26-9-6-5-8-21(26)18-27(31(30)40)32(41)34-24-11-10-22-19-29(39)35-28(22)20-24/h5-6,8-15,18,20,33,40H,3-4,7,16-17,19H2,1-2H3,(H,34,41)(H,35,39). The van der Waals surface area contributed by atoms with Crippen molar-refractivity contribution in [2.24, 2.45) is 10.2 Å². The van der Waals surface area contributed by atoms with E-state index in [2.05, 4.69) is 44.3 Å². The van der Waals surface area contributed by atoms with Crippen LogP contribution < -0.4 is 15.4 Å². The molecule has 0 spiro atoms. The summed E-state index contributed by atoms with van der Waals surface area (Å²) in [4.78, 5) is 27.3. The predicted molar refractivity (Wildman–Crippen MR) is 171 cm³/mol. The summed E-state index contributed by atoms with van der Waals surface area (Å²) >= 11 is 0. The second kappa shape index (κ2) is 13.3. The number of sulfonamides is 1. The minimum Gasteiger partial charge on any atom is -0.505 e. The molecule has 44 heavy (non-hydrogen) atoms. The maximum Gasteiger partial charge on any atom is 0.259 e. The summed E-state index contributed by atoms with van der Waals surface area (Å²) in [6, 6.07) is 19.8. The zero-order valence-corrected chi connectivity index (χ0v) is 25.3. The van der Waals surface area contributed by atoms with Crippen LogP contribution in [0, 0.1) is 0 Å². The molecule has 0 radical (unpaired) electrons. The number of fused-ring (bicyclic) bond motifs is 2. The molecule has 0 atom stereocenters. The second-order valence-electron chi connectivity index (χ2n) is 10.4. The number of azo groups is 1. The van der Waals surface area contributed by atoms with Gasteiger partial charge in [-0.2, -0.15) is 5.11 Å². The van der Waals surface area contributed by atoms with Crippen molar-refractivity contribution >= 4 is 55.4 Å². The highest BCUT2D eigenvalue weighted by Crippen LogP contribution is 2.40. The van der Waals surface area contributed by atoms with Crippen LogP contribution in [0.5, 0.6) is 5.75 Å². The first-order valence-corrected chi connectivity index (χ1v) is 15.9. The van der Waals surface area contributed by atoms with Gasteiger partial charge in [0, 0.05) is 23.3 Å². The van der Waals surface area contributed by atoms with Crippen LogP contribution in [0.3, 0.4) is 0 Å². The fraction of sp³-hybridized carbons (Fsp3) is 0.250. The van der Waals surface area contributed by atoms with Gasteiger partial charge in [-0.15, -0.1) is 5.11 Å². The first kappa shape index (κ1) is 30.8. The lowest BCUT2D eigenvalue weighted by Crippen LogP contribution is -2.29. The maximum absolute atomic E-state index is 13.3. The number of rotatable bonds is 12. The highest BCUT2D eigenvalue weighted by atomic mass is 32.2. The van der Waals surface area contributed by atoms with Gasteiger partial charge in [-0.25, -0.2) is 13.1 Å². The topological polar surface area (TPSA) is 153 Å². The van der Waals surface area contributed by atoms with E-state index in [0.717, 1.165) is 25.2 Å². The number of hydrogen-bond donors (Lipinski definition) is 4. The van der Waals surface area contributed by atoms with Gasteiger partial charge in [0.1, 0.15) is 5.69 Å². The first-order valence-electron chi connectivity index (χ1n) is 14.4. The van der Waals surface area contributed by atoms with Gasteiger partial charge >= 0.3 is 0 Å². The predicted octanol–water partition coefficient (Wildman–Crippen LogP) is 5.72. The molecule has 12 heteroatoms. The molecule has 5 rings (SSSR count). The molecular formula is C32H34N6O5S. The number of carbonyl (C=O) groups is 2. The number of benzene rings is 4. The summed E-state index contributed by atoms with van der Waals surface area (Å²) in [5.41, 5.74) is 2.40. The van der Waals surface area contributed by atoms with Gasteiger partial charge in [0.05, 0.1) is 22.6 Å². The Labute approximate surface area is 256 Å². The molecule has 0 saturated carbocycles. The van der Waals surface area contributed by atoms with Crippen LogP contribution in [-0.2, 0) is 21.2 Å². The van der Waals surface area contributed by atoms with Crippen molar-refractivity contribution in [3.05, 3.63) is 83.9 Å². The Hall–Kier alpha value is -4.65. The smallest absolute Gasteiger partial charge is 0.259 e. The Kier molecular flexibility index (Phi) is 9.33. The number of carbonyl (C=O) groups excluding carboxylic acids is 2. The monoisotopic (exact) mass is 614 g/mol. The molecule has 1 aliphatic heterocycles. The van der Waals surface area contributed by atoms with E-state index in [0.29, 0.717) is 40.8 Å². The average Bonchev–Trinajstić information content (AvgIpc) is 3.40. The lowest BCUT2D eigenvalue weighted by atomic mass is 10.0. The van der Waals surface area contributed by atoms with Crippen LogP contribution in [0.4, 0.5) is 22.7 Å². The van der Waals surface area contributed by atoms with Crippen molar-refractivity contribution in [1.29, 1.82) is 0 Å². The second-order valence-corrected chi connectivity index (χ2v) is 12.1. The Morgan fingerprint density at radius 2 is 1.75 bits per heavy atom. The maximum atomic E-state index is 13.3. The molecule has 4 N–H and O–H groups in total.